The minimum Gasteiger partial charge on any atom is -0.383 e. The van der Waals surface area contributed by atoms with Gasteiger partial charge in [-0.2, -0.15) is 0 Å². The molecule has 0 amide bonds. The van der Waals surface area contributed by atoms with Gasteiger partial charge in [-0.3, -0.25) is 0 Å². The van der Waals surface area contributed by atoms with Crippen molar-refractivity contribution in [3.8, 4) is 0 Å². The lowest BCUT2D eigenvalue weighted by atomic mass is 10.1. The summed E-state index contributed by atoms with van der Waals surface area (Å²) in [5, 5.41) is 1.11. The molecule has 0 aromatic rings. The summed E-state index contributed by atoms with van der Waals surface area (Å²) >= 11 is 3.56. The average molecular weight is 252 g/mol. The van der Waals surface area contributed by atoms with Gasteiger partial charge in [-0.25, -0.2) is 0 Å². The molecule has 0 heterocycles. The normalized spacial score (nSPS) is 13.6. The summed E-state index contributed by atoms with van der Waals surface area (Å²) < 4.78 is 5.03. The molecule has 0 aliphatic carbocycles. The van der Waals surface area contributed by atoms with Crippen LogP contribution in [0.3, 0.4) is 0 Å². The fraction of sp³-hybridized carbons (Fsp3) is 1.00. The molecule has 80 valence electrons. The minimum absolute atomic E-state index is 0.784. The molecule has 0 fully saturated rings. The first kappa shape index (κ1) is 13.4. The standard InChI is InChI=1S/C10H22BrNO/c1-4-5-10(8-11)9-12(2)6-7-13-3/h10H,4-9H2,1-3H3. The van der Waals surface area contributed by atoms with Crippen LogP contribution in [0.25, 0.3) is 0 Å². The summed E-state index contributed by atoms with van der Waals surface area (Å²) in [6.45, 7) is 5.27. The van der Waals surface area contributed by atoms with E-state index in [1.54, 1.807) is 7.11 Å². The maximum Gasteiger partial charge on any atom is 0.0589 e. The van der Waals surface area contributed by atoms with Crippen LogP contribution in [0.4, 0.5) is 0 Å². The number of methoxy groups -OCH3 is 1. The molecule has 0 radical (unpaired) electrons. The molecule has 1 unspecified atom stereocenters. The molecule has 0 saturated heterocycles. The first-order valence-corrected chi connectivity index (χ1v) is 6.10. The van der Waals surface area contributed by atoms with Gasteiger partial charge < -0.3 is 9.64 Å². The largest absolute Gasteiger partial charge is 0.383 e. The van der Waals surface area contributed by atoms with Crippen LogP contribution in [0.5, 0.6) is 0 Å². The number of rotatable bonds is 8. The van der Waals surface area contributed by atoms with Crippen LogP contribution >= 0.6 is 15.9 Å². The van der Waals surface area contributed by atoms with E-state index in [2.05, 4.69) is 34.8 Å². The molecule has 1 atom stereocenters. The summed E-state index contributed by atoms with van der Waals surface area (Å²) in [7, 11) is 3.91. The monoisotopic (exact) mass is 251 g/mol. The van der Waals surface area contributed by atoms with Crippen LogP contribution in [-0.2, 0) is 4.74 Å². The molecule has 13 heavy (non-hydrogen) atoms. The number of likely N-dealkylation sites (N-methyl/N-ethyl adjacent to an activating group) is 1. The maximum atomic E-state index is 5.03. The topological polar surface area (TPSA) is 12.5 Å². The van der Waals surface area contributed by atoms with Crippen molar-refractivity contribution in [2.75, 3.05) is 39.2 Å². The highest BCUT2D eigenvalue weighted by atomic mass is 79.9. The van der Waals surface area contributed by atoms with Crippen LogP contribution in [0.15, 0.2) is 0 Å². The van der Waals surface area contributed by atoms with E-state index in [1.807, 2.05) is 0 Å². The Kier molecular flexibility index (Phi) is 9.25. The second-order valence-electron chi connectivity index (χ2n) is 3.56. The lowest BCUT2D eigenvalue weighted by Gasteiger charge is -2.21. The zero-order valence-electron chi connectivity index (χ0n) is 9.05. The van der Waals surface area contributed by atoms with E-state index in [9.17, 15) is 0 Å². The van der Waals surface area contributed by atoms with Crippen LogP contribution in [0.2, 0.25) is 0 Å². The summed E-state index contributed by atoms with van der Waals surface area (Å²) in [6.07, 6.45) is 2.58. The lowest BCUT2D eigenvalue weighted by Crippen LogP contribution is -2.29. The van der Waals surface area contributed by atoms with Crippen molar-refractivity contribution in [1.82, 2.24) is 4.90 Å². The number of halogens is 1. The van der Waals surface area contributed by atoms with Gasteiger partial charge in [-0.15, -0.1) is 0 Å². The van der Waals surface area contributed by atoms with Gasteiger partial charge in [0.05, 0.1) is 6.61 Å². The highest BCUT2D eigenvalue weighted by Gasteiger charge is 2.08. The van der Waals surface area contributed by atoms with Crippen LogP contribution in [0.1, 0.15) is 19.8 Å². The van der Waals surface area contributed by atoms with Crippen molar-refractivity contribution in [3.05, 3.63) is 0 Å². The molecule has 0 N–H and O–H groups in total. The van der Waals surface area contributed by atoms with Gasteiger partial charge >= 0.3 is 0 Å². The summed E-state index contributed by atoms with van der Waals surface area (Å²) in [5.74, 6) is 0.784. The number of hydrogen-bond donors (Lipinski definition) is 0. The molecule has 0 aliphatic heterocycles. The van der Waals surface area contributed by atoms with E-state index in [4.69, 9.17) is 4.74 Å². The third-order valence-corrected chi connectivity index (χ3v) is 3.08. The highest BCUT2D eigenvalue weighted by Crippen LogP contribution is 2.10. The molecule has 3 heteroatoms. The first-order valence-electron chi connectivity index (χ1n) is 4.98. The van der Waals surface area contributed by atoms with Gasteiger partial charge in [0, 0.05) is 25.5 Å². The zero-order chi connectivity index (χ0) is 10.1. The summed E-state index contributed by atoms with van der Waals surface area (Å²) in [4.78, 5) is 2.34. The minimum atomic E-state index is 0.784. The van der Waals surface area contributed by atoms with Crippen molar-refractivity contribution in [3.63, 3.8) is 0 Å². The Labute approximate surface area is 90.8 Å². The molecule has 0 saturated carbocycles. The smallest absolute Gasteiger partial charge is 0.0589 e. The SMILES string of the molecule is CCCC(CBr)CN(C)CCOC. The fourth-order valence-electron chi connectivity index (χ4n) is 1.40. The van der Waals surface area contributed by atoms with E-state index < -0.39 is 0 Å². The quantitative estimate of drug-likeness (QED) is 0.615. The molecule has 0 bridgehead atoms. The number of hydrogen-bond acceptors (Lipinski definition) is 2. The Morgan fingerprint density at radius 3 is 2.62 bits per heavy atom. The number of alkyl halides is 1. The fourth-order valence-corrected chi connectivity index (χ4v) is 1.93. The Hall–Kier alpha value is 0.400. The van der Waals surface area contributed by atoms with Crippen molar-refractivity contribution >= 4 is 15.9 Å². The Morgan fingerprint density at radius 2 is 2.15 bits per heavy atom. The second kappa shape index (κ2) is 8.97. The van der Waals surface area contributed by atoms with Gasteiger partial charge in [-0.05, 0) is 19.4 Å². The van der Waals surface area contributed by atoms with Crippen molar-refractivity contribution < 1.29 is 4.74 Å². The van der Waals surface area contributed by atoms with Crippen molar-refractivity contribution in [2.45, 2.75) is 19.8 Å². The van der Waals surface area contributed by atoms with Gasteiger partial charge in [0.25, 0.3) is 0 Å². The zero-order valence-corrected chi connectivity index (χ0v) is 10.6. The van der Waals surface area contributed by atoms with Crippen molar-refractivity contribution in [2.24, 2.45) is 5.92 Å². The molecular weight excluding hydrogens is 230 g/mol. The number of ether oxygens (including phenoxy) is 1. The molecular formula is C10H22BrNO. The Bertz CT molecular complexity index is 111. The van der Waals surface area contributed by atoms with Gasteiger partial charge in [0.1, 0.15) is 0 Å². The predicted octanol–water partition coefficient (Wildman–Crippen LogP) is 2.38. The van der Waals surface area contributed by atoms with Crippen molar-refractivity contribution in [1.29, 1.82) is 0 Å². The van der Waals surface area contributed by atoms with Gasteiger partial charge in [0.15, 0.2) is 0 Å². The second-order valence-corrected chi connectivity index (χ2v) is 4.21. The van der Waals surface area contributed by atoms with Gasteiger partial charge in [-0.1, -0.05) is 29.3 Å². The van der Waals surface area contributed by atoms with Crippen LogP contribution in [-0.4, -0.2) is 44.1 Å². The lowest BCUT2D eigenvalue weighted by molar-refractivity contribution is 0.153. The van der Waals surface area contributed by atoms with E-state index >= 15 is 0 Å². The molecule has 2 nitrogen and oxygen atoms in total. The maximum absolute atomic E-state index is 5.03. The number of nitrogens with zero attached hydrogens (tertiary/aromatic N) is 1. The highest BCUT2D eigenvalue weighted by molar-refractivity contribution is 9.09. The van der Waals surface area contributed by atoms with E-state index in [0.717, 1.165) is 24.4 Å². The predicted molar refractivity (Wildman–Crippen MR) is 61.6 cm³/mol. The first-order chi connectivity index (χ1) is 6.24. The summed E-state index contributed by atoms with van der Waals surface area (Å²) in [6, 6.07) is 0. The Balaban J connectivity index is 3.53. The van der Waals surface area contributed by atoms with Gasteiger partial charge in [0.2, 0.25) is 0 Å². The van der Waals surface area contributed by atoms with E-state index in [0.29, 0.717) is 0 Å². The van der Waals surface area contributed by atoms with E-state index in [-0.39, 0.29) is 0 Å². The third-order valence-electron chi connectivity index (χ3n) is 2.16. The third kappa shape index (κ3) is 7.47. The van der Waals surface area contributed by atoms with Crippen LogP contribution in [0, 0.1) is 5.92 Å². The average Bonchev–Trinajstić information content (AvgIpc) is 2.14. The van der Waals surface area contributed by atoms with Crippen LogP contribution < -0.4 is 0 Å². The van der Waals surface area contributed by atoms with E-state index in [1.165, 1.54) is 19.4 Å². The molecule has 0 spiro atoms. The molecule has 0 aromatic carbocycles. The molecule has 0 aromatic heterocycles. The summed E-state index contributed by atoms with van der Waals surface area (Å²) in [5.41, 5.74) is 0. The molecule has 0 rings (SSSR count). The Morgan fingerprint density at radius 1 is 1.46 bits per heavy atom. The molecule has 0 aliphatic rings.